The van der Waals surface area contributed by atoms with Crippen molar-refractivity contribution in [3.8, 4) is 0 Å². The lowest BCUT2D eigenvalue weighted by molar-refractivity contribution is 0.307. The van der Waals surface area contributed by atoms with E-state index in [-0.39, 0.29) is 0 Å². The summed E-state index contributed by atoms with van der Waals surface area (Å²) in [7, 11) is 0. The normalized spacial score (nSPS) is 16.4. The van der Waals surface area contributed by atoms with Crippen LogP contribution in [-0.2, 0) is 12.2 Å². The van der Waals surface area contributed by atoms with Crippen LogP contribution in [0.1, 0.15) is 62.2 Å². The first-order valence-corrected chi connectivity index (χ1v) is 9.57. The molecule has 0 N–H and O–H groups in total. The van der Waals surface area contributed by atoms with Crippen molar-refractivity contribution in [3.05, 3.63) is 16.1 Å². The smallest absolute Gasteiger partial charge is 0.209 e. The van der Waals surface area contributed by atoms with Crippen LogP contribution in [0.25, 0.3) is 0 Å². The number of hydrogen-bond acceptors (Lipinski definition) is 6. The molecule has 0 amide bonds. The number of hydrogen-bond donors (Lipinski definition) is 0. The van der Waals surface area contributed by atoms with Crippen LogP contribution in [0.15, 0.2) is 10.5 Å². The van der Waals surface area contributed by atoms with Crippen molar-refractivity contribution >= 4 is 23.1 Å². The lowest BCUT2D eigenvalue weighted by atomic mass is 9.96. The van der Waals surface area contributed by atoms with E-state index in [0.717, 1.165) is 29.4 Å². The Morgan fingerprint density at radius 3 is 3.00 bits per heavy atom. The zero-order valence-electron chi connectivity index (χ0n) is 12.4. The van der Waals surface area contributed by atoms with Crippen molar-refractivity contribution in [1.29, 1.82) is 0 Å². The van der Waals surface area contributed by atoms with E-state index in [0.29, 0.717) is 6.04 Å². The highest BCUT2D eigenvalue weighted by Crippen LogP contribution is 2.31. The van der Waals surface area contributed by atoms with Gasteiger partial charge < -0.3 is 0 Å². The van der Waals surface area contributed by atoms with Crippen molar-refractivity contribution in [2.75, 3.05) is 0 Å². The Morgan fingerprint density at radius 2 is 2.19 bits per heavy atom. The quantitative estimate of drug-likeness (QED) is 0.755. The highest BCUT2D eigenvalue weighted by Gasteiger charge is 2.20. The molecule has 7 heteroatoms. The Labute approximate surface area is 133 Å². The highest BCUT2D eigenvalue weighted by atomic mass is 32.2. The van der Waals surface area contributed by atoms with Crippen LogP contribution < -0.4 is 0 Å². The number of tetrazole rings is 1. The summed E-state index contributed by atoms with van der Waals surface area (Å²) in [6.07, 6.45) is 8.57. The molecule has 1 saturated carbocycles. The van der Waals surface area contributed by atoms with E-state index < -0.39 is 0 Å². The van der Waals surface area contributed by atoms with Gasteiger partial charge >= 0.3 is 0 Å². The molecule has 3 rings (SSSR count). The number of aryl methyl sites for hydroxylation is 1. The predicted octanol–water partition coefficient (Wildman–Crippen LogP) is 3.88. The molecule has 2 aromatic rings. The predicted molar refractivity (Wildman–Crippen MR) is 85.6 cm³/mol. The summed E-state index contributed by atoms with van der Waals surface area (Å²) in [6, 6.07) is 0.488. The fourth-order valence-electron chi connectivity index (χ4n) is 2.72. The molecular formula is C14H21N5S2. The molecule has 0 bridgehead atoms. The van der Waals surface area contributed by atoms with Gasteiger partial charge in [0.25, 0.3) is 0 Å². The first kappa shape index (κ1) is 15.0. The molecule has 5 nitrogen and oxygen atoms in total. The zero-order chi connectivity index (χ0) is 14.5. The SMILES string of the molecule is CCCc1nc(CSc2nnnn2C2CCCCC2)cs1. The van der Waals surface area contributed by atoms with Gasteiger partial charge in [0, 0.05) is 11.1 Å². The summed E-state index contributed by atoms with van der Waals surface area (Å²) in [4.78, 5) is 4.66. The Kier molecular flexibility index (Phi) is 5.24. The van der Waals surface area contributed by atoms with Crippen LogP contribution in [0.2, 0.25) is 0 Å². The average molecular weight is 323 g/mol. The number of aromatic nitrogens is 5. The molecule has 0 saturated heterocycles. The van der Waals surface area contributed by atoms with Gasteiger partial charge in [-0.2, -0.15) is 0 Å². The second-order valence-electron chi connectivity index (χ2n) is 5.47. The molecule has 0 spiro atoms. The third-order valence-corrected chi connectivity index (χ3v) is 5.72. The number of rotatable bonds is 6. The van der Waals surface area contributed by atoms with E-state index >= 15 is 0 Å². The van der Waals surface area contributed by atoms with Gasteiger partial charge in [-0.3, -0.25) is 0 Å². The Balaban J connectivity index is 1.61. The lowest BCUT2D eigenvalue weighted by Gasteiger charge is -2.21. The summed E-state index contributed by atoms with van der Waals surface area (Å²) in [5.74, 6) is 0.854. The second-order valence-corrected chi connectivity index (χ2v) is 7.35. The Morgan fingerprint density at radius 1 is 1.33 bits per heavy atom. The van der Waals surface area contributed by atoms with Crippen LogP contribution in [0.5, 0.6) is 0 Å². The molecule has 1 aliphatic carbocycles. The van der Waals surface area contributed by atoms with Gasteiger partial charge in [-0.05, 0) is 36.1 Å². The van der Waals surface area contributed by atoms with Gasteiger partial charge in [-0.15, -0.1) is 16.4 Å². The molecule has 2 aromatic heterocycles. The largest absolute Gasteiger partial charge is 0.245 e. The lowest BCUT2D eigenvalue weighted by Crippen LogP contribution is -2.15. The molecule has 114 valence electrons. The third kappa shape index (κ3) is 3.83. The van der Waals surface area contributed by atoms with E-state index in [1.165, 1.54) is 37.1 Å². The topological polar surface area (TPSA) is 56.5 Å². The van der Waals surface area contributed by atoms with Crippen LogP contribution in [-0.4, -0.2) is 25.2 Å². The monoisotopic (exact) mass is 323 g/mol. The van der Waals surface area contributed by atoms with Gasteiger partial charge in [0.05, 0.1) is 16.7 Å². The van der Waals surface area contributed by atoms with E-state index in [1.807, 2.05) is 4.68 Å². The van der Waals surface area contributed by atoms with Crippen LogP contribution in [0, 0.1) is 0 Å². The molecule has 0 atom stereocenters. The first-order chi connectivity index (χ1) is 10.4. The number of nitrogens with zero attached hydrogens (tertiary/aromatic N) is 5. The minimum atomic E-state index is 0.488. The van der Waals surface area contributed by atoms with Crippen LogP contribution >= 0.6 is 23.1 Å². The molecular weight excluding hydrogens is 302 g/mol. The van der Waals surface area contributed by atoms with E-state index in [4.69, 9.17) is 0 Å². The van der Waals surface area contributed by atoms with Gasteiger partial charge in [-0.25, -0.2) is 9.67 Å². The van der Waals surface area contributed by atoms with Gasteiger partial charge in [0.2, 0.25) is 5.16 Å². The van der Waals surface area contributed by atoms with Crippen molar-refractivity contribution < 1.29 is 0 Å². The molecule has 0 aliphatic heterocycles. The van der Waals surface area contributed by atoms with Crippen LogP contribution in [0.4, 0.5) is 0 Å². The minimum Gasteiger partial charge on any atom is -0.245 e. The standard InChI is InChI=1S/C14H21N5S2/c1-2-6-13-15-11(9-20-13)10-21-14-16-17-18-19(14)12-7-4-3-5-8-12/h9,12H,2-8,10H2,1H3. The molecule has 1 aliphatic rings. The van der Waals surface area contributed by atoms with Crippen LogP contribution in [0.3, 0.4) is 0 Å². The number of thioether (sulfide) groups is 1. The van der Waals surface area contributed by atoms with E-state index in [1.54, 1.807) is 23.1 Å². The van der Waals surface area contributed by atoms with Crippen molar-refractivity contribution in [3.63, 3.8) is 0 Å². The summed E-state index contributed by atoms with van der Waals surface area (Å²) < 4.78 is 2.03. The Bertz CT molecular complexity index is 559. The van der Waals surface area contributed by atoms with Gasteiger partial charge in [-0.1, -0.05) is 37.9 Å². The molecule has 1 fully saturated rings. The fourth-order valence-corrected chi connectivity index (χ4v) is 4.56. The molecule has 21 heavy (non-hydrogen) atoms. The van der Waals surface area contributed by atoms with E-state index in [9.17, 15) is 0 Å². The summed E-state index contributed by atoms with van der Waals surface area (Å²) in [5, 5.41) is 16.6. The Hall–Kier alpha value is -0.950. The van der Waals surface area contributed by atoms with Gasteiger partial charge in [0.15, 0.2) is 0 Å². The van der Waals surface area contributed by atoms with E-state index in [2.05, 4.69) is 32.8 Å². The average Bonchev–Trinajstić information content (AvgIpc) is 3.15. The maximum absolute atomic E-state index is 4.66. The summed E-state index contributed by atoms with van der Waals surface area (Å²) in [5.41, 5.74) is 1.15. The van der Waals surface area contributed by atoms with Crippen molar-refractivity contribution in [2.24, 2.45) is 0 Å². The zero-order valence-corrected chi connectivity index (χ0v) is 14.0. The second kappa shape index (κ2) is 7.35. The minimum absolute atomic E-state index is 0.488. The molecule has 0 unspecified atom stereocenters. The molecule has 2 heterocycles. The maximum atomic E-state index is 4.66. The summed E-state index contributed by atoms with van der Waals surface area (Å²) in [6.45, 7) is 2.19. The third-order valence-electron chi connectivity index (χ3n) is 3.80. The van der Waals surface area contributed by atoms with Crippen molar-refractivity contribution in [1.82, 2.24) is 25.2 Å². The molecule has 0 radical (unpaired) electrons. The van der Waals surface area contributed by atoms with Crippen molar-refractivity contribution in [2.45, 2.75) is 68.8 Å². The summed E-state index contributed by atoms with van der Waals surface area (Å²) >= 11 is 3.46. The number of thiazole rings is 1. The molecule has 0 aromatic carbocycles. The highest BCUT2D eigenvalue weighted by molar-refractivity contribution is 7.98. The maximum Gasteiger partial charge on any atom is 0.209 e. The van der Waals surface area contributed by atoms with Gasteiger partial charge in [0.1, 0.15) is 0 Å². The first-order valence-electron chi connectivity index (χ1n) is 7.70. The fraction of sp³-hybridized carbons (Fsp3) is 0.714.